The van der Waals surface area contributed by atoms with Gasteiger partial charge >= 0.3 is 0 Å². The molecule has 0 radical (unpaired) electrons. The van der Waals surface area contributed by atoms with Crippen LogP contribution in [0.25, 0.3) is 0 Å². The van der Waals surface area contributed by atoms with E-state index in [9.17, 15) is 14.4 Å². The third kappa shape index (κ3) is 4.98. The summed E-state index contributed by atoms with van der Waals surface area (Å²) in [6.07, 6.45) is 6.95. The van der Waals surface area contributed by atoms with Gasteiger partial charge in [-0.15, -0.1) is 11.8 Å². The zero-order valence-corrected chi connectivity index (χ0v) is 17.9. The minimum absolute atomic E-state index is 0.0277. The minimum Gasteiger partial charge on any atom is -0.381 e. The molecule has 8 heteroatoms. The second-order valence-electron chi connectivity index (χ2n) is 8.19. The number of hydrogen-bond acceptors (Lipinski definition) is 5. The standard InChI is InChI=1S/C22H29N3O4S/c26-19(23-15-6-2-1-3-7-15)14-25-17-8-4-5-9-18(17)30-20(22(25)28)21(27)24-16-10-12-29-13-11-16/h4-5,8-9,15-16,20H,1-3,6-7,10-14H2,(H,23,26)(H,24,27). The first-order chi connectivity index (χ1) is 14.6. The molecule has 3 aliphatic rings. The molecule has 1 unspecified atom stereocenters. The molecule has 2 N–H and O–H groups in total. The molecule has 1 atom stereocenters. The van der Waals surface area contributed by atoms with Crippen molar-refractivity contribution in [2.45, 2.75) is 67.2 Å². The molecule has 30 heavy (non-hydrogen) atoms. The molecule has 2 heterocycles. The van der Waals surface area contributed by atoms with Crippen molar-refractivity contribution in [2.24, 2.45) is 0 Å². The number of fused-ring (bicyclic) bond motifs is 1. The first-order valence-electron chi connectivity index (χ1n) is 10.9. The van der Waals surface area contributed by atoms with Gasteiger partial charge in [0.25, 0.3) is 5.91 Å². The van der Waals surface area contributed by atoms with Crippen LogP contribution in [0.4, 0.5) is 5.69 Å². The maximum atomic E-state index is 13.2. The molecular weight excluding hydrogens is 402 g/mol. The largest absolute Gasteiger partial charge is 0.381 e. The fourth-order valence-corrected chi connectivity index (χ4v) is 5.44. The minimum atomic E-state index is -0.884. The Morgan fingerprint density at radius 1 is 1.00 bits per heavy atom. The molecule has 162 valence electrons. The molecule has 0 bridgehead atoms. The molecule has 2 aliphatic heterocycles. The van der Waals surface area contributed by atoms with Crippen LogP contribution in [0.3, 0.4) is 0 Å². The van der Waals surface area contributed by atoms with E-state index < -0.39 is 5.25 Å². The van der Waals surface area contributed by atoms with Crippen LogP contribution in [-0.4, -0.2) is 54.8 Å². The summed E-state index contributed by atoms with van der Waals surface area (Å²) in [5, 5.41) is 5.19. The topological polar surface area (TPSA) is 87.7 Å². The van der Waals surface area contributed by atoms with Gasteiger partial charge in [-0.3, -0.25) is 14.4 Å². The SMILES string of the molecule is O=C(CN1C(=O)C(C(=O)NC2CCOCC2)Sc2ccccc21)NC1CCCCC1. The predicted octanol–water partition coefficient (Wildman–Crippen LogP) is 2.24. The first-order valence-corrected chi connectivity index (χ1v) is 11.7. The number of amides is 3. The quantitative estimate of drug-likeness (QED) is 0.698. The van der Waals surface area contributed by atoms with Crippen LogP contribution < -0.4 is 15.5 Å². The molecule has 1 saturated carbocycles. The molecule has 1 saturated heterocycles. The van der Waals surface area contributed by atoms with E-state index >= 15 is 0 Å². The Kier molecular flexibility index (Phi) is 6.94. The summed E-state index contributed by atoms with van der Waals surface area (Å²) in [5.41, 5.74) is 0.696. The lowest BCUT2D eigenvalue weighted by Gasteiger charge is -2.34. The fraction of sp³-hybridized carbons (Fsp3) is 0.591. The number of rotatable bonds is 5. The third-order valence-corrected chi connectivity index (χ3v) is 7.22. The molecule has 0 aromatic heterocycles. The zero-order valence-electron chi connectivity index (χ0n) is 17.1. The maximum Gasteiger partial charge on any atom is 0.250 e. The number of thioether (sulfide) groups is 1. The Morgan fingerprint density at radius 2 is 1.70 bits per heavy atom. The number of benzene rings is 1. The van der Waals surface area contributed by atoms with Gasteiger partial charge in [0.05, 0.1) is 5.69 Å². The Bertz CT molecular complexity index is 790. The van der Waals surface area contributed by atoms with E-state index in [2.05, 4.69) is 10.6 Å². The fourth-order valence-electron chi connectivity index (χ4n) is 4.33. The van der Waals surface area contributed by atoms with Crippen molar-refractivity contribution < 1.29 is 19.1 Å². The smallest absolute Gasteiger partial charge is 0.250 e. The van der Waals surface area contributed by atoms with E-state index in [0.29, 0.717) is 18.9 Å². The Labute approximate surface area is 181 Å². The van der Waals surface area contributed by atoms with Crippen molar-refractivity contribution in [1.29, 1.82) is 0 Å². The van der Waals surface area contributed by atoms with Crippen LogP contribution in [0.1, 0.15) is 44.9 Å². The van der Waals surface area contributed by atoms with Gasteiger partial charge in [0.2, 0.25) is 11.8 Å². The summed E-state index contributed by atoms with van der Waals surface area (Å²) in [4.78, 5) is 41.2. The summed E-state index contributed by atoms with van der Waals surface area (Å²) < 4.78 is 5.34. The van der Waals surface area contributed by atoms with Crippen LogP contribution >= 0.6 is 11.8 Å². The first kappa shape index (κ1) is 21.2. The van der Waals surface area contributed by atoms with Gasteiger partial charge in [-0.2, -0.15) is 0 Å². The summed E-state index contributed by atoms with van der Waals surface area (Å²) in [5.74, 6) is -0.785. The van der Waals surface area contributed by atoms with Crippen molar-refractivity contribution in [3.8, 4) is 0 Å². The molecule has 7 nitrogen and oxygen atoms in total. The van der Waals surface area contributed by atoms with E-state index in [1.807, 2.05) is 24.3 Å². The van der Waals surface area contributed by atoms with Crippen molar-refractivity contribution >= 4 is 35.2 Å². The molecule has 4 rings (SSSR count). The van der Waals surface area contributed by atoms with Gasteiger partial charge in [-0.25, -0.2) is 0 Å². The number of nitrogens with one attached hydrogen (secondary N) is 2. The number of carbonyl (C=O) groups is 3. The second-order valence-corrected chi connectivity index (χ2v) is 9.33. The predicted molar refractivity (Wildman–Crippen MR) is 115 cm³/mol. The number of carbonyl (C=O) groups excluding carboxylic acids is 3. The highest BCUT2D eigenvalue weighted by molar-refractivity contribution is 8.01. The van der Waals surface area contributed by atoms with Gasteiger partial charge in [0, 0.05) is 30.2 Å². The van der Waals surface area contributed by atoms with Gasteiger partial charge in [-0.1, -0.05) is 31.4 Å². The number of nitrogens with zero attached hydrogens (tertiary/aromatic N) is 1. The van der Waals surface area contributed by atoms with Crippen LogP contribution in [0.2, 0.25) is 0 Å². The van der Waals surface area contributed by atoms with Crippen LogP contribution in [0.5, 0.6) is 0 Å². The lowest BCUT2D eigenvalue weighted by molar-refractivity contribution is -0.129. The number of ether oxygens (including phenoxy) is 1. The Balaban J connectivity index is 1.46. The highest BCUT2D eigenvalue weighted by Gasteiger charge is 2.39. The summed E-state index contributed by atoms with van der Waals surface area (Å²) in [6, 6.07) is 7.67. The Morgan fingerprint density at radius 3 is 2.47 bits per heavy atom. The van der Waals surface area contributed by atoms with Crippen molar-refractivity contribution in [3.05, 3.63) is 24.3 Å². The monoisotopic (exact) mass is 431 g/mol. The number of anilines is 1. The second kappa shape index (κ2) is 9.83. The highest BCUT2D eigenvalue weighted by Crippen LogP contribution is 2.39. The molecule has 3 amide bonds. The lowest BCUT2D eigenvalue weighted by Crippen LogP contribution is -2.53. The normalized spacial score (nSPS) is 23.0. The third-order valence-electron chi connectivity index (χ3n) is 5.97. The van der Waals surface area contributed by atoms with Crippen molar-refractivity contribution in [3.63, 3.8) is 0 Å². The average Bonchev–Trinajstić information content (AvgIpc) is 2.77. The maximum absolute atomic E-state index is 13.2. The molecule has 1 aliphatic carbocycles. The van der Waals surface area contributed by atoms with E-state index in [1.165, 1.54) is 23.1 Å². The highest BCUT2D eigenvalue weighted by atomic mass is 32.2. The Hall–Kier alpha value is -2.06. The number of para-hydroxylation sites is 1. The summed E-state index contributed by atoms with van der Waals surface area (Å²) in [7, 11) is 0. The van der Waals surface area contributed by atoms with Gasteiger partial charge in [0.1, 0.15) is 6.54 Å². The van der Waals surface area contributed by atoms with Gasteiger partial charge in [-0.05, 0) is 37.8 Å². The van der Waals surface area contributed by atoms with E-state index in [0.717, 1.165) is 43.4 Å². The van der Waals surface area contributed by atoms with Crippen LogP contribution in [0.15, 0.2) is 29.2 Å². The van der Waals surface area contributed by atoms with Gasteiger partial charge in [0.15, 0.2) is 5.25 Å². The average molecular weight is 432 g/mol. The van der Waals surface area contributed by atoms with Crippen molar-refractivity contribution in [1.82, 2.24) is 10.6 Å². The van der Waals surface area contributed by atoms with E-state index in [1.54, 1.807) is 0 Å². The zero-order chi connectivity index (χ0) is 20.9. The molecular formula is C22H29N3O4S. The lowest BCUT2D eigenvalue weighted by atomic mass is 9.95. The molecule has 0 spiro atoms. The molecule has 1 aromatic rings. The molecule has 1 aromatic carbocycles. The molecule has 2 fully saturated rings. The summed E-state index contributed by atoms with van der Waals surface area (Å²) in [6.45, 7) is 1.17. The van der Waals surface area contributed by atoms with E-state index in [4.69, 9.17) is 4.74 Å². The van der Waals surface area contributed by atoms with Crippen LogP contribution in [-0.2, 0) is 19.1 Å². The number of hydrogen-bond donors (Lipinski definition) is 2. The van der Waals surface area contributed by atoms with Gasteiger partial charge < -0.3 is 20.3 Å². The van der Waals surface area contributed by atoms with Crippen molar-refractivity contribution in [2.75, 3.05) is 24.7 Å². The summed E-state index contributed by atoms with van der Waals surface area (Å²) >= 11 is 1.26. The van der Waals surface area contributed by atoms with E-state index in [-0.39, 0.29) is 36.3 Å². The van der Waals surface area contributed by atoms with Crippen LogP contribution in [0, 0.1) is 0 Å².